The Labute approximate surface area is 66.6 Å². The summed E-state index contributed by atoms with van der Waals surface area (Å²) in [5, 5.41) is 0. The molecule has 1 fully saturated rings. The van der Waals surface area contributed by atoms with Gasteiger partial charge in [0.25, 0.3) is 0 Å². The predicted octanol–water partition coefficient (Wildman–Crippen LogP) is -0.277. The molecule has 1 heterocycles. The van der Waals surface area contributed by atoms with Gasteiger partial charge in [-0.15, -0.1) is 0 Å². The fraction of sp³-hybridized carbons (Fsp3) is 1.00. The average Bonchev–Trinajstić information content (AvgIpc) is 2.49. The summed E-state index contributed by atoms with van der Waals surface area (Å²) in [4.78, 5) is 0. The maximum Gasteiger partial charge on any atom is 0.193 e. The molecule has 66 valence electrons. The van der Waals surface area contributed by atoms with Gasteiger partial charge in [-0.3, -0.25) is 0 Å². The molecule has 0 aromatic heterocycles. The molecule has 0 aromatic carbocycles. The third-order valence-corrected chi connectivity index (χ3v) is 2.08. The minimum absolute atomic E-state index is 0.0786. The predicted molar refractivity (Wildman–Crippen MR) is 40.2 cm³/mol. The van der Waals surface area contributed by atoms with Crippen LogP contribution in [0.4, 0.5) is 0 Å². The van der Waals surface area contributed by atoms with Gasteiger partial charge in [0.2, 0.25) is 0 Å². The summed E-state index contributed by atoms with van der Waals surface area (Å²) in [6.07, 6.45) is 0.797. The zero-order chi connectivity index (χ0) is 8.32. The van der Waals surface area contributed by atoms with Crippen LogP contribution in [0.15, 0.2) is 0 Å². The molecular weight excluding hydrogens is 146 g/mol. The Kier molecular flexibility index (Phi) is 2.84. The lowest BCUT2D eigenvalue weighted by molar-refractivity contribution is -0.202. The van der Waals surface area contributed by atoms with Crippen molar-refractivity contribution < 1.29 is 14.2 Å². The molecule has 11 heavy (non-hydrogen) atoms. The smallest absolute Gasteiger partial charge is 0.193 e. The minimum atomic E-state index is -0.552. The molecule has 1 aliphatic heterocycles. The molecule has 1 aliphatic rings. The molecule has 1 atom stereocenters. The largest absolute Gasteiger partial charge is 0.371 e. The molecule has 4 heteroatoms. The SMILES string of the molecule is COC1(OC)COC(CN)C1. The number of ether oxygens (including phenoxy) is 3. The van der Waals surface area contributed by atoms with Crippen molar-refractivity contribution in [3.63, 3.8) is 0 Å². The highest BCUT2D eigenvalue weighted by Crippen LogP contribution is 2.27. The molecule has 1 rings (SSSR count). The van der Waals surface area contributed by atoms with E-state index in [0.717, 1.165) is 6.42 Å². The van der Waals surface area contributed by atoms with E-state index in [1.54, 1.807) is 14.2 Å². The van der Waals surface area contributed by atoms with Gasteiger partial charge >= 0.3 is 0 Å². The van der Waals surface area contributed by atoms with Crippen molar-refractivity contribution >= 4 is 0 Å². The highest BCUT2D eigenvalue weighted by Gasteiger charge is 2.39. The molecular formula is C7H15NO3. The molecule has 0 amide bonds. The number of hydrogen-bond acceptors (Lipinski definition) is 4. The average molecular weight is 161 g/mol. The Morgan fingerprint density at radius 1 is 1.55 bits per heavy atom. The maximum absolute atomic E-state index is 5.43. The van der Waals surface area contributed by atoms with E-state index in [0.29, 0.717) is 13.2 Å². The molecule has 0 spiro atoms. The lowest BCUT2D eigenvalue weighted by Gasteiger charge is -2.23. The highest BCUT2D eigenvalue weighted by atomic mass is 16.7. The van der Waals surface area contributed by atoms with Gasteiger partial charge in [0.05, 0.1) is 6.10 Å². The molecule has 0 saturated carbocycles. The summed E-state index contributed by atoms with van der Waals surface area (Å²) in [7, 11) is 3.23. The molecule has 1 unspecified atom stereocenters. The Hall–Kier alpha value is -0.160. The fourth-order valence-electron chi connectivity index (χ4n) is 1.23. The standard InChI is InChI=1S/C7H15NO3/c1-9-7(10-2)3-6(4-8)11-5-7/h6H,3-5,8H2,1-2H3. The Bertz CT molecular complexity index is 125. The van der Waals surface area contributed by atoms with E-state index in [1.807, 2.05) is 0 Å². The second-order valence-electron chi connectivity index (χ2n) is 2.69. The van der Waals surface area contributed by atoms with Crippen molar-refractivity contribution in [3.05, 3.63) is 0 Å². The summed E-state index contributed by atoms with van der Waals surface area (Å²) in [6.45, 7) is 0.996. The van der Waals surface area contributed by atoms with Crippen LogP contribution < -0.4 is 5.73 Å². The van der Waals surface area contributed by atoms with E-state index >= 15 is 0 Å². The van der Waals surface area contributed by atoms with E-state index in [2.05, 4.69) is 0 Å². The van der Waals surface area contributed by atoms with Crippen LogP contribution in [0, 0.1) is 0 Å². The highest BCUT2D eigenvalue weighted by molar-refractivity contribution is 4.81. The maximum atomic E-state index is 5.43. The second-order valence-corrected chi connectivity index (χ2v) is 2.69. The van der Waals surface area contributed by atoms with E-state index in [4.69, 9.17) is 19.9 Å². The van der Waals surface area contributed by atoms with Crippen LogP contribution in [0.3, 0.4) is 0 Å². The van der Waals surface area contributed by atoms with E-state index < -0.39 is 5.79 Å². The first kappa shape index (κ1) is 8.93. The van der Waals surface area contributed by atoms with Gasteiger partial charge in [0.1, 0.15) is 6.61 Å². The first-order valence-corrected chi connectivity index (χ1v) is 3.68. The molecule has 2 N–H and O–H groups in total. The second kappa shape index (κ2) is 3.49. The fourth-order valence-corrected chi connectivity index (χ4v) is 1.23. The zero-order valence-electron chi connectivity index (χ0n) is 7.00. The molecule has 1 saturated heterocycles. The van der Waals surface area contributed by atoms with Crippen LogP contribution in [0.25, 0.3) is 0 Å². The van der Waals surface area contributed by atoms with Crippen LogP contribution >= 0.6 is 0 Å². The lowest BCUT2D eigenvalue weighted by Crippen LogP contribution is -2.34. The third kappa shape index (κ3) is 1.70. The van der Waals surface area contributed by atoms with Crippen LogP contribution in [-0.4, -0.2) is 39.3 Å². The summed E-state index contributed by atoms with van der Waals surface area (Å²) in [5.41, 5.74) is 5.43. The van der Waals surface area contributed by atoms with Crippen LogP contribution in [-0.2, 0) is 14.2 Å². The zero-order valence-corrected chi connectivity index (χ0v) is 7.00. The Morgan fingerprint density at radius 3 is 2.45 bits per heavy atom. The number of methoxy groups -OCH3 is 2. The Balaban J connectivity index is 2.48. The van der Waals surface area contributed by atoms with Crippen molar-refractivity contribution in [1.29, 1.82) is 0 Å². The summed E-state index contributed by atoms with van der Waals surface area (Å²) < 4.78 is 15.7. The van der Waals surface area contributed by atoms with Crippen LogP contribution in [0.1, 0.15) is 6.42 Å². The molecule has 0 aromatic rings. The molecule has 0 radical (unpaired) electrons. The van der Waals surface area contributed by atoms with E-state index in [1.165, 1.54) is 0 Å². The topological polar surface area (TPSA) is 53.7 Å². The minimum Gasteiger partial charge on any atom is -0.371 e. The molecule has 4 nitrogen and oxygen atoms in total. The summed E-state index contributed by atoms with van der Waals surface area (Å²) in [5.74, 6) is -0.552. The number of hydrogen-bond donors (Lipinski definition) is 1. The van der Waals surface area contributed by atoms with Crippen molar-refractivity contribution in [3.8, 4) is 0 Å². The summed E-state index contributed by atoms with van der Waals surface area (Å²) >= 11 is 0. The van der Waals surface area contributed by atoms with Crippen LogP contribution in [0.5, 0.6) is 0 Å². The first-order chi connectivity index (χ1) is 5.26. The van der Waals surface area contributed by atoms with Gasteiger partial charge < -0.3 is 19.9 Å². The van der Waals surface area contributed by atoms with Crippen molar-refractivity contribution in [2.45, 2.75) is 18.3 Å². The van der Waals surface area contributed by atoms with Crippen molar-refractivity contribution in [1.82, 2.24) is 0 Å². The molecule has 0 aliphatic carbocycles. The number of nitrogens with two attached hydrogens (primary N) is 1. The van der Waals surface area contributed by atoms with Gasteiger partial charge in [-0.1, -0.05) is 0 Å². The van der Waals surface area contributed by atoms with Gasteiger partial charge in [-0.05, 0) is 0 Å². The first-order valence-electron chi connectivity index (χ1n) is 3.68. The lowest BCUT2D eigenvalue weighted by atomic mass is 10.1. The van der Waals surface area contributed by atoms with Gasteiger partial charge in [-0.2, -0.15) is 0 Å². The normalized spacial score (nSPS) is 29.2. The van der Waals surface area contributed by atoms with Gasteiger partial charge in [-0.25, -0.2) is 0 Å². The van der Waals surface area contributed by atoms with Crippen molar-refractivity contribution in [2.24, 2.45) is 5.73 Å². The van der Waals surface area contributed by atoms with E-state index in [9.17, 15) is 0 Å². The number of rotatable bonds is 3. The van der Waals surface area contributed by atoms with Gasteiger partial charge in [0, 0.05) is 27.2 Å². The van der Waals surface area contributed by atoms with E-state index in [-0.39, 0.29) is 6.10 Å². The third-order valence-electron chi connectivity index (χ3n) is 2.08. The van der Waals surface area contributed by atoms with Gasteiger partial charge in [0.15, 0.2) is 5.79 Å². The Morgan fingerprint density at radius 2 is 2.18 bits per heavy atom. The van der Waals surface area contributed by atoms with Crippen LogP contribution in [0.2, 0.25) is 0 Å². The summed E-state index contributed by atoms with van der Waals surface area (Å²) in [6, 6.07) is 0. The molecule has 0 bridgehead atoms. The monoisotopic (exact) mass is 161 g/mol. The van der Waals surface area contributed by atoms with Crippen molar-refractivity contribution in [2.75, 3.05) is 27.4 Å². The quantitative estimate of drug-likeness (QED) is 0.578.